The van der Waals surface area contributed by atoms with Crippen LogP contribution in [-0.4, -0.2) is 34.8 Å². The third-order valence-electron chi connectivity index (χ3n) is 6.06. The number of hydrogen-bond acceptors (Lipinski definition) is 5. The summed E-state index contributed by atoms with van der Waals surface area (Å²) in [4.78, 5) is 30.1. The Labute approximate surface area is 184 Å². The number of nitrogens with zero attached hydrogens (tertiary/aromatic N) is 1. The second-order valence-corrected chi connectivity index (χ2v) is 8.31. The molecule has 2 aromatic rings. The average Bonchev–Trinajstić information content (AvgIpc) is 2.74. The van der Waals surface area contributed by atoms with Gasteiger partial charge < -0.3 is 14.9 Å². The van der Waals surface area contributed by atoms with Gasteiger partial charge in [-0.2, -0.15) is 0 Å². The summed E-state index contributed by atoms with van der Waals surface area (Å²) in [6.45, 7) is 1.67. The van der Waals surface area contributed by atoms with Crippen molar-refractivity contribution in [2.24, 2.45) is 10.9 Å². The van der Waals surface area contributed by atoms with E-state index in [-0.39, 0.29) is 34.6 Å². The Morgan fingerprint density at radius 3 is 2.52 bits per heavy atom. The van der Waals surface area contributed by atoms with Crippen molar-refractivity contribution in [3.8, 4) is 11.5 Å². The number of halogens is 1. The molecule has 4 rings (SSSR count). The highest BCUT2D eigenvalue weighted by Crippen LogP contribution is 2.48. The van der Waals surface area contributed by atoms with Gasteiger partial charge in [-0.1, -0.05) is 41.9 Å². The van der Waals surface area contributed by atoms with Crippen LogP contribution in [0.2, 0.25) is 5.02 Å². The number of methoxy groups -OCH3 is 1. The highest BCUT2D eigenvalue weighted by Gasteiger charge is 2.44. The fourth-order valence-corrected chi connectivity index (χ4v) is 4.85. The number of aromatic hydroxyl groups is 1. The minimum Gasteiger partial charge on any atom is -0.503 e. The molecule has 1 heterocycles. The summed E-state index contributed by atoms with van der Waals surface area (Å²) < 4.78 is 5.20. The molecule has 3 unspecified atom stereocenters. The number of ketones is 1. The standard InChI is InChI=1S/C24H22ClNO5/c1-12-20(24(29)30)21(15-8-16(25)23(28)19(11-15)31-2)22-17(26-12)9-14(10-18(22)27)13-6-4-3-5-7-13/h3-8,11,14,20-21,28H,9-10H2,1-2H3,(H,29,30). The van der Waals surface area contributed by atoms with Crippen molar-refractivity contribution in [3.05, 3.63) is 69.9 Å². The first-order valence-corrected chi connectivity index (χ1v) is 10.3. The molecule has 2 N–H and O–H groups in total. The molecule has 2 aliphatic rings. The molecule has 2 aromatic carbocycles. The third kappa shape index (κ3) is 3.72. The molecule has 0 radical (unpaired) electrons. The zero-order valence-electron chi connectivity index (χ0n) is 17.1. The van der Waals surface area contributed by atoms with Gasteiger partial charge in [-0.25, -0.2) is 0 Å². The third-order valence-corrected chi connectivity index (χ3v) is 6.34. The van der Waals surface area contributed by atoms with Gasteiger partial charge in [0.25, 0.3) is 0 Å². The van der Waals surface area contributed by atoms with Gasteiger partial charge in [0, 0.05) is 29.3 Å². The van der Waals surface area contributed by atoms with Crippen LogP contribution in [0.1, 0.15) is 42.7 Å². The van der Waals surface area contributed by atoms with Crippen molar-refractivity contribution in [2.75, 3.05) is 7.11 Å². The Balaban J connectivity index is 1.86. The summed E-state index contributed by atoms with van der Waals surface area (Å²) in [5, 5.41) is 20.1. The van der Waals surface area contributed by atoms with Crippen LogP contribution in [0.15, 0.2) is 58.7 Å². The van der Waals surface area contributed by atoms with Crippen LogP contribution in [0.5, 0.6) is 11.5 Å². The summed E-state index contributed by atoms with van der Waals surface area (Å²) in [5.74, 6) is -3.08. The van der Waals surface area contributed by atoms with E-state index < -0.39 is 17.8 Å². The highest BCUT2D eigenvalue weighted by atomic mass is 35.5. The zero-order chi connectivity index (χ0) is 22.3. The number of allylic oxidation sites excluding steroid dienone is 2. The molecule has 1 aliphatic carbocycles. The molecular formula is C24H22ClNO5. The van der Waals surface area contributed by atoms with Crippen LogP contribution >= 0.6 is 11.6 Å². The average molecular weight is 440 g/mol. The van der Waals surface area contributed by atoms with Crippen LogP contribution in [0.4, 0.5) is 0 Å². The Bertz CT molecular complexity index is 1120. The van der Waals surface area contributed by atoms with Crippen molar-refractivity contribution >= 4 is 29.1 Å². The molecule has 31 heavy (non-hydrogen) atoms. The summed E-state index contributed by atoms with van der Waals surface area (Å²) in [7, 11) is 1.39. The van der Waals surface area contributed by atoms with E-state index in [0.29, 0.717) is 29.0 Å². The highest BCUT2D eigenvalue weighted by molar-refractivity contribution is 6.32. The molecule has 0 saturated heterocycles. The van der Waals surface area contributed by atoms with Gasteiger partial charge in [0.1, 0.15) is 5.92 Å². The number of hydrogen-bond donors (Lipinski definition) is 2. The quantitative estimate of drug-likeness (QED) is 0.718. The maximum Gasteiger partial charge on any atom is 0.313 e. The van der Waals surface area contributed by atoms with Gasteiger partial charge in [0.05, 0.1) is 12.1 Å². The lowest BCUT2D eigenvalue weighted by molar-refractivity contribution is -0.139. The molecule has 0 spiro atoms. The van der Waals surface area contributed by atoms with Crippen molar-refractivity contribution in [1.29, 1.82) is 0 Å². The van der Waals surface area contributed by atoms with E-state index in [9.17, 15) is 19.8 Å². The minimum atomic E-state index is -1.07. The molecule has 0 bridgehead atoms. The Kier molecular flexibility index (Phi) is 5.58. The number of aliphatic imine (C=N–C) groups is 1. The summed E-state index contributed by atoms with van der Waals surface area (Å²) in [6.07, 6.45) is 0.831. The van der Waals surface area contributed by atoms with Gasteiger partial charge in [-0.15, -0.1) is 0 Å². The van der Waals surface area contributed by atoms with E-state index in [1.54, 1.807) is 13.0 Å². The van der Waals surface area contributed by atoms with Crippen molar-refractivity contribution in [3.63, 3.8) is 0 Å². The lowest BCUT2D eigenvalue weighted by Crippen LogP contribution is -2.37. The van der Waals surface area contributed by atoms with Gasteiger partial charge in [-0.05, 0) is 42.5 Å². The number of benzene rings is 2. The predicted molar refractivity (Wildman–Crippen MR) is 117 cm³/mol. The predicted octanol–water partition coefficient (Wildman–Crippen LogP) is 4.71. The van der Waals surface area contributed by atoms with Crippen LogP contribution < -0.4 is 4.74 Å². The Morgan fingerprint density at radius 2 is 1.87 bits per heavy atom. The van der Waals surface area contributed by atoms with Crippen molar-refractivity contribution < 1.29 is 24.5 Å². The summed E-state index contributed by atoms with van der Waals surface area (Å²) in [6, 6.07) is 12.8. The van der Waals surface area contributed by atoms with E-state index in [1.165, 1.54) is 13.2 Å². The molecule has 6 nitrogen and oxygen atoms in total. The first-order valence-electron chi connectivity index (χ1n) is 9.97. The fourth-order valence-electron chi connectivity index (χ4n) is 4.63. The Hall–Kier alpha value is -3.12. The molecular weight excluding hydrogens is 418 g/mol. The van der Waals surface area contributed by atoms with E-state index in [0.717, 1.165) is 5.56 Å². The monoisotopic (exact) mass is 439 g/mol. The van der Waals surface area contributed by atoms with Gasteiger partial charge in [0.2, 0.25) is 0 Å². The number of Topliss-reactive ketones (excluding diaryl/α,β-unsaturated/α-hetero) is 1. The van der Waals surface area contributed by atoms with Crippen LogP contribution in [0.3, 0.4) is 0 Å². The SMILES string of the molecule is COc1cc(C2C3=C(CC(c4ccccc4)CC3=O)N=C(C)C2C(=O)O)cc(Cl)c1O. The number of phenolic OH excluding ortho intramolecular Hbond substituents is 1. The lowest BCUT2D eigenvalue weighted by atomic mass is 9.69. The molecule has 0 saturated carbocycles. The molecule has 7 heteroatoms. The second-order valence-electron chi connectivity index (χ2n) is 7.90. The summed E-state index contributed by atoms with van der Waals surface area (Å²) >= 11 is 6.19. The van der Waals surface area contributed by atoms with E-state index in [2.05, 4.69) is 4.99 Å². The fraction of sp³-hybridized carbons (Fsp3) is 0.292. The van der Waals surface area contributed by atoms with Crippen LogP contribution in [0, 0.1) is 5.92 Å². The van der Waals surface area contributed by atoms with Crippen molar-refractivity contribution in [1.82, 2.24) is 0 Å². The first kappa shape index (κ1) is 21.1. The lowest BCUT2D eigenvalue weighted by Gasteiger charge is -2.36. The van der Waals surface area contributed by atoms with E-state index in [1.807, 2.05) is 30.3 Å². The number of rotatable bonds is 4. The number of phenols is 1. The van der Waals surface area contributed by atoms with Crippen LogP contribution in [-0.2, 0) is 9.59 Å². The first-order chi connectivity index (χ1) is 14.8. The smallest absolute Gasteiger partial charge is 0.313 e. The molecule has 1 aliphatic heterocycles. The van der Waals surface area contributed by atoms with Gasteiger partial charge in [0.15, 0.2) is 17.3 Å². The minimum absolute atomic E-state index is 0.0102. The number of carboxylic acids is 1. The van der Waals surface area contributed by atoms with Gasteiger partial charge in [-0.3, -0.25) is 14.6 Å². The van der Waals surface area contributed by atoms with E-state index >= 15 is 0 Å². The van der Waals surface area contributed by atoms with E-state index in [4.69, 9.17) is 16.3 Å². The molecule has 3 atom stereocenters. The zero-order valence-corrected chi connectivity index (χ0v) is 17.9. The molecule has 160 valence electrons. The van der Waals surface area contributed by atoms with Crippen LogP contribution in [0.25, 0.3) is 0 Å². The number of carbonyl (C=O) groups is 2. The number of carboxylic acid groups (broad SMARTS) is 1. The van der Waals surface area contributed by atoms with Crippen molar-refractivity contribution in [2.45, 2.75) is 31.6 Å². The number of carbonyl (C=O) groups excluding carboxylic acids is 1. The number of aliphatic carboxylic acids is 1. The second kappa shape index (κ2) is 8.19. The molecule has 0 amide bonds. The number of ether oxygens (including phenoxy) is 1. The summed E-state index contributed by atoms with van der Waals surface area (Å²) in [5.41, 5.74) is 3.02. The topological polar surface area (TPSA) is 96.2 Å². The maximum atomic E-state index is 13.3. The normalized spacial score (nSPS) is 23.3. The van der Waals surface area contributed by atoms with Gasteiger partial charge >= 0.3 is 5.97 Å². The maximum absolute atomic E-state index is 13.3. The largest absolute Gasteiger partial charge is 0.503 e. The molecule has 0 aromatic heterocycles. The molecule has 0 fully saturated rings. The Morgan fingerprint density at radius 1 is 1.16 bits per heavy atom.